The molecule has 1 rings (SSSR count). The first-order chi connectivity index (χ1) is 7.63. The fraction of sp³-hybridized carbons (Fsp3) is 1.00. The van der Waals surface area contributed by atoms with Crippen molar-refractivity contribution >= 4 is 0 Å². The van der Waals surface area contributed by atoms with Crippen molar-refractivity contribution in [3.63, 3.8) is 0 Å². The molecule has 1 saturated heterocycles. The van der Waals surface area contributed by atoms with Crippen molar-refractivity contribution in [1.82, 2.24) is 10.2 Å². The van der Waals surface area contributed by atoms with Crippen LogP contribution in [0.25, 0.3) is 0 Å². The topological polar surface area (TPSA) is 24.5 Å². The van der Waals surface area contributed by atoms with Gasteiger partial charge in [0.1, 0.15) is 0 Å². The zero-order chi connectivity index (χ0) is 12.0. The maximum atomic E-state index is 5.22. The van der Waals surface area contributed by atoms with Gasteiger partial charge in [0.2, 0.25) is 0 Å². The lowest BCUT2D eigenvalue weighted by atomic mass is 9.82. The number of ether oxygens (including phenoxy) is 1. The fourth-order valence-corrected chi connectivity index (χ4v) is 2.81. The summed E-state index contributed by atoms with van der Waals surface area (Å²) in [7, 11) is 4.00. The molecule has 0 bridgehead atoms. The third-order valence-electron chi connectivity index (χ3n) is 3.86. The molecule has 0 spiro atoms. The highest BCUT2D eigenvalue weighted by Gasteiger charge is 2.34. The maximum Gasteiger partial charge on any atom is 0.0615 e. The molecule has 16 heavy (non-hydrogen) atoms. The summed E-state index contributed by atoms with van der Waals surface area (Å²) in [5.41, 5.74) is 0.505. The second-order valence-corrected chi connectivity index (χ2v) is 5.40. The quantitative estimate of drug-likeness (QED) is 0.718. The summed E-state index contributed by atoms with van der Waals surface area (Å²) in [6.07, 6.45) is 3.95. The Morgan fingerprint density at radius 1 is 1.50 bits per heavy atom. The lowest BCUT2D eigenvalue weighted by Gasteiger charge is -2.35. The minimum atomic E-state index is 0.505. The molecule has 2 unspecified atom stereocenters. The third kappa shape index (κ3) is 3.72. The number of nitrogens with zero attached hydrogens (tertiary/aromatic N) is 1. The largest absolute Gasteiger partial charge is 0.383 e. The van der Waals surface area contributed by atoms with Crippen molar-refractivity contribution in [2.75, 3.05) is 40.4 Å². The number of hydrogen-bond acceptors (Lipinski definition) is 3. The molecule has 0 radical (unpaired) electrons. The van der Waals surface area contributed by atoms with Crippen molar-refractivity contribution < 1.29 is 4.74 Å². The van der Waals surface area contributed by atoms with E-state index in [0.717, 1.165) is 6.61 Å². The van der Waals surface area contributed by atoms with Crippen LogP contribution in [0.5, 0.6) is 0 Å². The van der Waals surface area contributed by atoms with Crippen molar-refractivity contribution in [3.8, 4) is 0 Å². The summed E-state index contributed by atoms with van der Waals surface area (Å²) >= 11 is 0. The molecule has 3 heteroatoms. The standard InChI is InChI=1S/C13H28N2O/c1-5-6-13(7-8-14-10-13)11-15(3)12(2)9-16-4/h12,14H,5-11H2,1-4H3. The van der Waals surface area contributed by atoms with E-state index in [9.17, 15) is 0 Å². The Bertz CT molecular complexity index is 190. The van der Waals surface area contributed by atoms with E-state index in [2.05, 4.69) is 31.1 Å². The highest BCUT2D eigenvalue weighted by molar-refractivity contribution is 4.90. The predicted octanol–water partition coefficient (Wildman–Crippen LogP) is 1.73. The zero-order valence-corrected chi connectivity index (χ0v) is 11.4. The molecule has 0 saturated carbocycles. The van der Waals surface area contributed by atoms with E-state index >= 15 is 0 Å². The number of hydrogen-bond donors (Lipinski definition) is 1. The molecule has 96 valence electrons. The summed E-state index contributed by atoms with van der Waals surface area (Å²) in [6.45, 7) is 8.92. The van der Waals surface area contributed by atoms with E-state index in [0.29, 0.717) is 11.5 Å². The monoisotopic (exact) mass is 228 g/mol. The third-order valence-corrected chi connectivity index (χ3v) is 3.86. The van der Waals surface area contributed by atoms with E-state index in [1.165, 1.54) is 38.9 Å². The van der Waals surface area contributed by atoms with Gasteiger partial charge in [0.25, 0.3) is 0 Å². The molecule has 0 amide bonds. The second-order valence-electron chi connectivity index (χ2n) is 5.40. The van der Waals surface area contributed by atoms with Gasteiger partial charge in [-0.1, -0.05) is 13.3 Å². The molecule has 1 aliphatic heterocycles. The van der Waals surface area contributed by atoms with Crippen LogP contribution >= 0.6 is 0 Å². The van der Waals surface area contributed by atoms with Gasteiger partial charge in [0.05, 0.1) is 6.61 Å². The summed E-state index contributed by atoms with van der Waals surface area (Å²) < 4.78 is 5.22. The minimum absolute atomic E-state index is 0.505. The minimum Gasteiger partial charge on any atom is -0.383 e. The van der Waals surface area contributed by atoms with E-state index in [4.69, 9.17) is 4.74 Å². The Balaban J connectivity index is 2.47. The average molecular weight is 228 g/mol. The van der Waals surface area contributed by atoms with Crippen LogP contribution in [0, 0.1) is 5.41 Å². The molecule has 0 aromatic heterocycles. The van der Waals surface area contributed by atoms with Gasteiger partial charge < -0.3 is 15.0 Å². The molecule has 1 N–H and O–H groups in total. The highest BCUT2D eigenvalue weighted by Crippen LogP contribution is 2.32. The van der Waals surface area contributed by atoms with Crippen molar-refractivity contribution in [2.45, 2.75) is 39.2 Å². The molecule has 3 nitrogen and oxygen atoms in total. The number of methoxy groups -OCH3 is 1. The Hall–Kier alpha value is -0.120. The Labute approximate surface area is 101 Å². The van der Waals surface area contributed by atoms with Gasteiger partial charge in [-0.25, -0.2) is 0 Å². The van der Waals surface area contributed by atoms with Crippen LogP contribution in [0.15, 0.2) is 0 Å². The van der Waals surface area contributed by atoms with E-state index in [1.807, 2.05) is 0 Å². The van der Waals surface area contributed by atoms with Crippen LogP contribution in [0.3, 0.4) is 0 Å². The zero-order valence-electron chi connectivity index (χ0n) is 11.4. The fourth-order valence-electron chi connectivity index (χ4n) is 2.81. The predicted molar refractivity (Wildman–Crippen MR) is 68.8 cm³/mol. The number of rotatable bonds is 7. The molecular formula is C13H28N2O. The van der Waals surface area contributed by atoms with E-state index in [-0.39, 0.29) is 0 Å². The van der Waals surface area contributed by atoms with Crippen LogP contribution < -0.4 is 5.32 Å². The van der Waals surface area contributed by atoms with E-state index in [1.54, 1.807) is 7.11 Å². The Kier molecular flexibility index (Phi) is 5.73. The summed E-state index contributed by atoms with van der Waals surface area (Å²) in [4.78, 5) is 2.45. The molecule has 2 atom stereocenters. The first-order valence-corrected chi connectivity index (χ1v) is 6.53. The first kappa shape index (κ1) is 13.9. The first-order valence-electron chi connectivity index (χ1n) is 6.53. The highest BCUT2D eigenvalue weighted by atomic mass is 16.5. The van der Waals surface area contributed by atoms with Gasteiger partial charge in [-0.05, 0) is 38.8 Å². The summed E-state index contributed by atoms with van der Waals surface area (Å²) in [5.74, 6) is 0. The number of likely N-dealkylation sites (N-methyl/N-ethyl adjacent to an activating group) is 1. The van der Waals surface area contributed by atoms with Crippen LogP contribution in [0.2, 0.25) is 0 Å². The van der Waals surface area contributed by atoms with Gasteiger partial charge in [-0.2, -0.15) is 0 Å². The molecule has 0 aromatic carbocycles. The smallest absolute Gasteiger partial charge is 0.0615 e. The summed E-state index contributed by atoms with van der Waals surface area (Å²) in [6, 6.07) is 0.513. The molecular weight excluding hydrogens is 200 g/mol. The van der Waals surface area contributed by atoms with Crippen LogP contribution in [0.4, 0.5) is 0 Å². The van der Waals surface area contributed by atoms with Gasteiger partial charge in [0, 0.05) is 26.2 Å². The summed E-state index contributed by atoms with van der Waals surface area (Å²) in [5, 5.41) is 3.52. The second kappa shape index (κ2) is 6.58. The SMILES string of the molecule is CCCC1(CN(C)C(C)COC)CCNC1. The Morgan fingerprint density at radius 3 is 2.75 bits per heavy atom. The van der Waals surface area contributed by atoms with Gasteiger partial charge >= 0.3 is 0 Å². The van der Waals surface area contributed by atoms with Gasteiger partial charge in [-0.15, -0.1) is 0 Å². The molecule has 1 fully saturated rings. The van der Waals surface area contributed by atoms with Crippen LogP contribution in [-0.4, -0.2) is 51.3 Å². The van der Waals surface area contributed by atoms with E-state index < -0.39 is 0 Å². The molecule has 0 aromatic rings. The van der Waals surface area contributed by atoms with Crippen LogP contribution in [0.1, 0.15) is 33.1 Å². The van der Waals surface area contributed by atoms with Gasteiger partial charge in [-0.3, -0.25) is 0 Å². The lowest BCUT2D eigenvalue weighted by molar-refractivity contribution is 0.0824. The van der Waals surface area contributed by atoms with Crippen LogP contribution in [-0.2, 0) is 4.74 Å². The number of nitrogens with one attached hydrogen (secondary N) is 1. The molecule has 0 aliphatic carbocycles. The maximum absolute atomic E-state index is 5.22. The molecule has 1 aliphatic rings. The lowest BCUT2D eigenvalue weighted by Crippen LogP contribution is -2.42. The normalized spacial score (nSPS) is 27.6. The van der Waals surface area contributed by atoms with Crippen molar-refractivity contribution in [1.29, 1.82) is 0 Å². The van der Waals surface area contributed by atoms with Crippen molar-refractivity contribution in [3.05, 3.63) is 0 Å². The Morgan fingerprint density at radius 2 is 2.25 bits per heavy atom. The molecule has 1 heterocycles. The average Bonchev–Trinajstić information content (AvgIpc) is 2.67. The van der Waals surface area contributed by atoms with Gasteiger partial charge in [0.15, 0.2) is 0 Å². The van der Waals surface area contributed by atoms with Crippen molar-refractivity contribution in [2.24, 2.45) is 5.41 Å².